The van der Waals surface area contributed by atoms with E-state index < -0.39 is 0 Å². The molecule has 0 aromatic rings. The number of nitrogens with one attached hydrogen (secondary N) is 1. The normalized spacial score (nSPS) is 11.7. The van der Waals surface area contributed by atoms with Crippen LogP contribution in [0.15, 0.2) is 0 Å². The zero-order valence-corrected chi connectivity index (χ0v) is 33.8. The van der Waals surface area contributed by atoms with Gasteiger partial charge in [-0.1, -0.05) is 176 Å². The van der Waals surface area contributed by atoms with Crippen molar-refractivity contribution in [2.75, 3.05) is 46.1 Å². The Morgan fingerprint density at radius 2 is 0.857 bits per heavy atom. The SMILES string of the molecule is CCCCCCCCCCCCCCOCCN(CCOCCCCCCCCCCCCCC)C(=O)CCC(=O)NCCCC(C)(C)C. The second-order valence-electron chi connectivity index (χ2n) is 15.9. The van der Waals surface area contributed by atoms with Crippen LogP contribution in [-0.4, -0.2) is 62.8 Å². The average Bonchev–Trinajstić information content (AvgIpc) is 3.07. The van der Waals surface area contributed by atoms with Gasteiger partial charge in [0.15, 0.2) is 0 Å². The second-order valence-corrected chi connectivity index (χ2v) is 15.9. The summed E-state index contributed by atoms with van der Waals surface area (Å²) in [6, 6.07) is 0. The standard InChI is InChI=1S/C43H86N2O4/c1-6-8-10-12-14-16-18-20-22-24-26-28-37-48-39-35-45(42(47)32-31-41(46)44-34-30-33-43(3,4)5)36-40-49-38-29-27-25-23-21-19-17-15-13-11-9-7-2/h6-40H2,1-5H3,(H,44,46). The Labute approximate surface area is 306 Å². The van der Waals surface area contributed by atoms with E-state index in [4.69, 9.17) is 9.47 Å². The fourth-order valence-electron chi connectivity index (χ4n) is 6.32. The monoisotopic (exact) mass is 695 g/mol. The Kier molecular flexibility index (Phi) is 35.8. The van der Waals surface area contributed by atoms with Crippen molar-refractivity contribution in [1.29, 1.82) is 0 Å². The van der Waals surface area contributed by atoms with Crippen molar-refractivity contribution in [2.45, 2.75) is 214 Å². The minimum absolute atomic E-state index is 0.0211. The van der Waals surface area contributed by atoms with Crippen LogP contribution in [0, 0.1) is 5.41 Å². The van der Waals surface area contributed by atoms with E-state index in [0.29, 0.717) is 32.8 Å². The Morgan fingerprint density at radius 1 is 0.490 bits per heavy atom. The first-order chi connectivity index (χ1) is 23.8. The van der Waals surface area contributed by atoms with Crippen molar-refractivity contribution >= 4 is 11.8 Å². The molecule has 6 nitrogen and oxygen atoms in total. The highest BCUT2D eigenvalue weighted by molar-refractivity contribution is 5.83. The quantitative estimate of drug-likeness (QED) is 0.0653. The molecule has 1 N–H and O–H groups in total. The van der Waals surface area contributed by atoms with E-state index in [1.807, 2.05) is 4.90 Å². The molecule has 0 aliphatic carbocycles. The lowest BCUT2D eigenvalue weighted by Crippen LogP contribution is -2.37. The average molecular weight is 695 g/mol. The molecule has 0 bridgehead atoms. The van der Waals surface area contributed by atoms with Gasteiger partial charge in [-0.15, -0.1) is 0 Å². The van der Waals surface area contributed by atoms with Crippen LogP contribution in [-0.2, 0) is 19.1 Å². The summed E-state index contributed by atoms with van der Waals surface area (Å²) >= 11 is 0. The van der Waals surface area contributed by atoms with E-state index >= 15 is 0 Å². The second kappa shape index (κ2) is 36.6. The fourth-order valence-corrected chi connectivity index (χ4v) is 6.32. The van der Waals surface area contributed by atoms with Gasteiger partial charge in [-0.25, -0.2) is 0 Å². The summed E-state index contributed by atoms with van der Waals surface area (Å²) in [4.78, 5) is 27.3. The third-order valence-corrected chi connectivity index (χ3v) is 9.64. The Morgan fingerprint density at radius 3 is 1.22 bits per heavy atom. The van der Waals surface area contributed by atoms with E-state index in [2.05, 4.69) is 39.9 Å². The van der Waals surface area contributed by atoms with Crippen LogP contribution in [0.4, 0.5) is 0 Å². The number of carbonyl (C=O) groups excluding carboxylic acids is 2. The number of rotatable bonds is 38. The van der Waals surface area contributed by atoms with E-state index in [9.17, 15) is 9.59 Å². The van der Waals surface area contributed by atoms with Gasteiger partial charge in [0, 0.05) is 45.7 Å². The van der Waals surface area contributed by atoms with Crippen LogP contribution >= 0.6 is 0 Å². The Bertz CT molecular complexity index is 674. The van der Waals surface area contributed by atoms with Crippen molar-refractivity contribution < 1.29 is 19.1 Å². The minimum atomic E-state index is -0.0337. The predicted octanol–water partition coefficient (Wildman–Crippen LogP) is 12.0. The highest BCUT2D eigenvalue weighted by atomic mass is 16.5. The molecule has 0 aromatic carbocycles. The maximum atomic E-state index is 13.1. The molecule has 0 unspecified atom stereocenters. The van der Waals surface area contributed by atoms with Crippen molar-refractivity contribution in [2.24, 2.45) is 5.41 Å². The van der Waals surface area contributed by atoms with Crippen molar-refractivity contribution in [3.05, 3.63) is 0 Å². The number of nitrogens with zero attached hydrogens (tertiary/aromatic N) is 1. The van der Waals surface area contributed by atoms with Crippen LogP contribution in [0.5, 0.6) is 0 Å². The molecule has 0 aliphatic heterocycles. The smallest absolute Gasteiger partial charge is 0.223 e. The van der Waals surface area contributed by atoms with Crippen LogP contribution in [0.2, 0.25) is 0 Å². The first kappa shape index (κ1) is 47.9. The van der Waals surface area contributed by atoms with Gasteiger partial charge in [0.1, 0.15) is 0 Å². The number of unbranched alkanes of at least 4 members (excludes halogenated alkanes) is 22. The van der Waals surface area contributed by atoms with E-state index in [-0.39, 0.29) is 30.1 Å². The van der Waals surface area contributed by atoms with Crippen LogP contribution in [0.1, 0.15) is 214 Å². The number of amides is 2. The molecule has 292 valence electrons. The molecule has 6 heteroatoms. The summed E-state index contributed by atoms with van der Waals surface area (Å²) in [5.41, 5.74) is 0.269. The summed E-state index contributed by atoms with van der Waals surface area (Å²) in [7, 11) is 0. The maximum Gasteiger partial charge on any atom is 0.223 e. The summed E-state index contributed by atoms with van der Waals surface area (Å²) in [6.07, 6.45) is 34.5. The molecule has 49 heavy (non-hydrogen) atoms. The zero-order valence-electron chi connectivity index (χ0n) is 33.8. The van der Waals surface area contributed by atoms with Gasteiger partial charge in [0.2, 0.25) is 11.8 Å². The minimum Gasteiger partial charge on any atom is -0.380 e. The molecule has 0 atom stereocenters. The van der Waals surface area contributed by atoms with Crippen LogP contribution in [0.25, 0.3) is 0 Å². The molecule has 0 saturated heterocycles. The zero-order chi connectivity index (χ0) is 36.1. The Hall–Kier alpha value is -1.14. The first-order valence-electron chi connectivity index (χ1n) is 21.5. The summed E-state index contributed by atoms with van der Waals surface area (Å²) in [5, 5.41) is 2.99. The predicted molar refractivity (Wildman–Crippen MR) is 211 cm³/mol. The van der Waals surface area contributed by atoms with Crippen LogP contribution < -0.4 is 5.32 Å². The molecule has 0 radical (unpaired) electrons. The summed E-state index contributed by atoms with van der Waals surface area (Å²) in [6.45, 7) is 15.6. The third-order valence-electron chi connectivity index (χ3n) is 9.64. The van der Waals surface area contributed by atoms with Crippen molar-refractivity contribution in [3.63, 3.8) is 0 Å². The third kappa shape index (κ3) is 37.9. The van der Waals surface area contributed by atoms with E-state index in [1.54, 1.807) is 0 Å². The van der Waals surface area contributed by atoms with Gasteiger partial charge in [0.25, 0.3) is 0 Å². The number of carbonyl (C=O) groups is 2. The number of hydrogen-bond donors (Lipinski definition) is 1. The van der Waals surface area contributed by atoms with Crippen molar-refractivity contribution in [1.82, 2.24) is 10.2 Å². The van der Waals surface area contributed by atoms with Gasteiger partial charge < -0.3 is 19.7 Å². The van der Waals surface area contributed by atoms with Crippen molar-refractivity contribution in [3.8, 4) is 0 Å². The highest BCUT2D eigenvalue weighted by Crippen LogP contribution is 2.20. The molecule has 0 saturated carbocycles. The molecular weight excluding hydrogens is 608 g/mol. The molecule has 0 aromatic heterocycles. The molecule has 0 heterocycles. The van der Waals surface area contributed by atoms with Gasteiger partial charge >= 0.3 is 0 Å². The Balaban J connectivity index is 4.17. The molecule has 0 aliphatic rings. The maximum absolute atomic E-state index is 13.1. The number of ether oxygens (including phenoxy) is 2. The van der Waals surface area contributed by atoms with E-state index in [0.717, 1.165) is 38.9 Å². The van der Waals surface area contributed by atoms with Gasteiger partial charge in [-0.3, -0.25) is 9.59 Å². The summed E-state index contributed by atoms with van der Waals surface area (Å²) < 4.78 is 11.9. The topological polar surface area (TPSA) is 67.9 Å². The molecule has 0 spiro atoms. The lowest BCUT2D eigenvalue weighted by Gasteiger charge is -2.23. The highest BCUT2D eigenvalue weighted by Gasteiger charge is 2.16. The first-order valence-corrected chi connectivity index (χ1v) is 21.5. The molecule has 2 amide bonds. The van der Waals surface area contributed by atoms with Crippen LogP contribution in [0.3, 0.4) is 0 Å². The summed E-state index contributed by atoms with van der Waals surface area (Å²) in [5.74, 6) is -0.0126. The lowest BCUT2D eigenvalue weighted by atomic mass is 9.91. The van der Waals surface area contributed by atoms with E-state index in [1.165, 1.54) is 141 Å². The largest absolute Gasteiger partial charge is 0.380 e. The van der Waals surface area contributed by atoms with Gasteiger partial charge in [-0.2, -0.15) is 0 Å². The molecule has 0 fully saturated rings. The van der Waals surface area contributed by atoms with Gasteiger partial charge in [0.05, 0.1) is 13.2 Å². The molecule has 0 rings (SSSR count). The lowest BCUT2D eigenvalue weighted by molar-refractivity contribution is -0.135. The fraction of sp³-hybridized carbons (Fsp3) is 0.953. The molecular formula is C43H86N2O4. The van der Waals surface area contributed by atoms with Gasteiger partial charge in [-0.05, 0) is 31.1 Å². The number of hydrogen-bond acceptors (Lipinski definition) is 4.